The van der Waals surface area contributed by atoms with Crippen LogP contribution in [0, 0.1) is 0 Å². The average molecular weight is 416 g/mol. The molecule has 0 aliphatic rings. The van der Waals surface area contributed by atoms with E-state index in [0.717, 1.165) is 10.7 Å². The summed E-state index contributed by atoms with van der Waals surface area (Å²) in [6.45, 7) is 5.53. The van der Waals surface area contributed by atoms with Crippen LogP contribution in [0.4, 0.5) is 4.79 Å². The van der Waals surface area contributed by atoms with E-state index in [4.69, 9.17) is 33.7 Å². The molecule has 0 unspecified atom stereocenters. The zero-order valence-corrected chi connectivity index (χ0v) is 16.9. The first-order valence-corrected chi connectivity index (χ1v) is 9.39. The second kappa shape index (κ2) is 8.79. The first-order valence-electron chi connectivity index (χ1n) is 7.82. The number of Topliss-reactive ketones (excluding diaryl/α,β-unsaturated/α-hetero) is 1. The number of imidazole rings is 1. The molecule has 1 heterocycles. The Bertz CT molecular complexity index is 817. The lowest BCUT2D eigenvalue weighted by Gasteiger charge is -2.13. The van der Waals surface area contributed by atoms with Gasteiger partial charge in [-0.25, -0.2) is 9.78 Å². The molecule has 0 bridgehead atoms. The molecule has 0 saturated heterocycles. The van der Waals surface area contributed by atoms with Gasteiger partial charge in [0, 0.05) is 20.9 Å². The number of halogens is 2. The van der Waals surface area contributed by atoms with Crippen molar-refractivity contribution in [3.8, 4) is 0 Å². The lowest BCUT2D eigenvalue weighted by atomic mass is 10.2. The Morgan fingerprint density at radius 1 is 1.27 bits per heavy atom. The summed E-state index contributed by atoms with van der Waals surface area (Å²) < 4.78 is 6.74. The quantitative estimate of drug-likeness (QED) is 0.710. The summed E-state index contributed by atoms with van der Waals surface area (Å²) in [6.07, 6.45) is -0.890. The molecule has 0 aliphatic heterocycles. The number of amides is 1. The fourth-order valence-corrected chi connectivity index (χ4v) is 4.11. The van der Waals surface area contributed by atoms with Gasteiger partial charge in [-0.15, -0.1) is 0 Å². The molecule has 0 fully saturated rings. The minimum Gasteiger partial charge on any atom is -0.443 e. The number of aromatic nitrogens is 2. The topological polar surface area (TPSA) is 87.2 Å². The zero-order chi connectivity index (χ0) is 19.4. The van der Waals surface area contributed by atoms with E-state index in [-0.39, 0.29) is 24.9 Å². The van der Waals surface area contributed by atoms with Gasteiger partial charge in [0.2, 0.25) is 0 Å². The third-order valence-corrected chi connectivity index (χ3v) is 4.87. The highest BCUT2D eigenvalue weighted by Gasteiger charge is 2.22. The second-order valence-corrected chi connectivity index (χ2v) is 7.91. The van der Waals surface area contributed by atoms with Crippen molar-refractivity contribution in [3.63, 3.8) is 0 Å². The SMILES string of the molecule is CC(=O)Cn1c(C(C)C)nc(COC(N)=O)c1Sc1cc(Cl)cc(Cl)c1. The largest absolute Gasteiger partial charge is 0.443 e. The molecule has 1 aromatic heterocycles. The molecule has 0 radical (unpaired) electrons. The zero-order valence-electron chi connectivity index (χ0n) is 14.6. The van der Waals surface area contributed by atoms with E-state index in [9.17, 15) is 9.59 Å². The van der Waals surface area contributed by atoms with Gasteiger partial charge in [-0.05, 0) is 25.1 Å². The lowest BCUT2D eigenvalue weighted by molar-refractivity contribution is -0.117. The monoisotopic (exact) mass is 415 g/mol. The molecule has 1 amide bonds. The Balaban J connectivity index is 2.53. The van der Waals surface area contributed by atoms with Gasteiger partial charge >= 0.3 is 6.09 Å². The van der Waals surface area contributed by atoms with Crippen LogP contribution in [0.5, 0.6) is 0 Å². The van der Waals surface area contributed by atoms with Crippen molar-refractivity contribution in [3.05, 3.63) is 39.8 Å². The van der Waals surface area contributed by atoms with E-state index >= 15 is 0 Å². The lowest BCUT2D eigenvalue weighted by Crippen LogP contribution is -2.13. The molecule has 6 nitrogen and oxygen atoms in total. The van der Waals surface area contributed by atoms with Crippen molar-refractivity contribution in [2.45, 2.75) is 49.8 Å². The van der Waals surface area contributed by atoms with Crippen molar-refractivity contribution >= 4 is 46.8 Å². The molecule has 0 atom stereocenters. The van der Waals surface area contributed by atoms with E-state index in [2.05, 4.69) is 4.98 Å². The highest BCUT2D eigenvalue weighted by atomic mass is 35.5. The highest BCUT2D eigenvalue weighted by molar-refractivity contribution is 7.99. The molecular formula is C17H19Cl2N3O3S. The Morgan fingerprint density at radius 3 is 2.38 bits per heavy atom. The number of carbonyl (C=O) groups is 2. The number of ether oxygens (including phenoxy) is 1. The smallest absolute Gasteiger partial charge is 0.404 e. The number of carbonyl (C=O) groups excluding carboxylic acids is 2. The number of nitrogens with zero attached hydrogens (tertiary/aromatic N) is 2. The van der Waals surface area contributed by atoms with Gasteiger partial charge in [0.1, 0.15) is 28.9 Å². The van der Waals surface area contributed by atoms with Crippen molar-refractivity contribution in [1.82, 2.24) is 9.55 Å². The number of primary amides is 1. The Kier molecular flexibility index (Phi) is 6.97. The van der Waals surface area contributed by atoms with Gasteiger partial charge < -0.3 is 15.0 Å². The maximum absolute atomic E-state index is 11.8. The van der Waals surface area contributed by atoms with Gasteiger partial charge in [-0.3, -0.25) is 4.79 Å². The van der Waals surface area contributed by atoms with Crippen molar-refractivity contribution in [2.24, 2.45) is 5.73 Å². The summed E-state index contributed by atoms with van der Waals surface area (Å²) in [6, 6.07) is 5.16. The van der Waals surface area contributed by atoms with Crippen LogP contribution < -0.4 is 5.73 Å². The minimum atomic E-state index is -0.890. The van der Waals surface area contributed by atoms with E-state index in [0.29, 0.717) is 20.8 Å². The van der Waals surface area contributed by atoms with E-state index in [1.165, 1.54) is 18.7 Å². The number of nitrogens with two attached hydrogens (primary N) is 1. The third kappa shape index (κ3) is 5.40. The van der Waals surface area contributed by atoms with Crippen LogP contribution >= 0.6 is 35.0 Å². The van der Waals surface area contributed by atoms with E-state index < -0.39 is 6.09 Å². The molecule has 2 N–H and O–H groups in total. The van der Waals surface area contributed by atoms with Crippen LogP contribution in [0.3, 0.4) is 0 Å². The molecule has 2 aromatic rings. The molecule has 140 valence electrons. The molecular weight excluding hydrogens is 397 g/mol. The number of ketones is 1. The van der Waals surface area contributed by atoms with Crippen LogP contribution in [-0.4, -0.2) is 21.4 Å². The molecule has 26 heavy (non-hydrogen) atoms. The Labute approximate surface area is 166 Å². The Hall–Kier alpha value is -1.70. The summed E-state index contributed by atoms with van der Waals surface area (Å²) in [5.41, 5.74) is 5.60. The van der Waals surface area contributed by atoms with Crippen LogP contribution in [-0.2, 0) is 22.7 Å². The first kappa shape index (κ1) is 20.6. The summed E-state index contributed by atoms with van der Waals surface area (Å²) in [7, 11) is 0. The molecule has 0 saturated carbocycles. The van der Waals surface area contributed by atoms with Crippen LogP contribution in [0.2, 0.25) is 10.0 Å². The molecule has 0 aliphatic carbocycles. The number of hydrogen-bond acceptors (Lipinski definition) is 5. The maximum Gasteiger partial charge on any atom is 0.404 e. The fraction of sp³-hybridized carbons (Fsp3) is 0.353. The number of benzene rings is 1. The van der Waals surface area contributed by atoms with Crippen molar-refractivity contribution in [1.29, 1.82) is 0 Å². The number of hydrogen-bond donors (Lipinski definition) is 1. The third-order valence-electron chi connectivity index (χ3n) is 3.32. The van der Waals surface area contributed by atoms with Crippen LogP contribution in [0.15, 0.2) is 28.1 Å². The second-order valence-electron chi connectivity index (χ2n) is 5.98. The molecule has 9 heteroatoms. The number of rotatable bonds is 7. The molecule has 1 aromatic carbocycles. The fourth-order valence-electron chi connectivity index (χ4n) is 2.37. The minimum absolute atomic E-state index is 0.0161. The summed E-state index contributed by atoms with van der Waals surface area (Å²) in [4.78, 5) is 28.1. The van der Waals surface area contributed by atoms with Crippen molar-refractivity contribution in [2.75, 3.05) is 0 Å². The Morgan fingerprint density at radius 2 is 1.88 bits per heavy atom. The molecule has 2 rings (SSSR count). The van der Waals surface area contributed by atoms with Crippen molar-refractivity contribution < 1.29 is 14.3 Å². The average Bonchev–Trinajstić information content (AvgIpc) is 2.81. The van der Waals surface area contributed by atoms with Gasteiger partial charge in [0.15, 0.2) is 0 Å². The normalized spacial score (nSPS) is 11.0. The van der Waals surface area contributed by atoms with Gasteiger partial charge in [-0.2, -0.15) is 0 Å². The predicted octanol–water partition coefficient (Wildman–Crippen LogP) is 4.65. The standard InChI is InChI=1S/C17H19Cl2N3O3S/c1-9(2)15-21-14(8-25-17(20)24)16(22(15)7-10(3)23)26-13-5-11(18)4-12(19)6-13/h4-6,9H,7-8H2,1-3H3,(H2,20,24). The van der Waals surface area contributed by atoms with E-state index in [1.54, 1.807) is 18.2 Å². The summed E-state index contributed by atoms with van der Waals surface area (Å²) in [5, 5.41) is 1.68. The highest BCUT2D eigenvalue weighted by Crippen LogP contribution is 2.36. The first-order chi connectivity index (χ1) is 12.2. The van der Waals surface area contributed by atoms with Gasteiger partial charge in [-0.1, -0.05) is 48.8 Å². The van der Waals surface area contributed by atoms with E-state index in [1.807, 2.05) is 18.4 Å². The molecule has 0 spiro atoms. The van der Waals surface area contributed by atoms with Gasteiger partial charge in [0.05, 0.1) is 6.54 Å². The predicted molar refractivity (Wildman–Crippen MR) is 102 cm³/mol. The summed E-state index contributed by atoms with van der Waals surface area (Å²) >= 11 is 13.5. The summed E-state index contributed by atoms with van der Waals surface area (Å²) in [5.74, 6) is 0.774. The van der Waals surface area contributed by atoms with Gasteiger partial charge in [0.25, 0.3) is 0 Å². The maximum atomic E-state index is 11.8. The van der Waals surface area contributed by atoms with Crippen LogP contribution in [0.25, 0.3) is 0 Å². The van der Waals surface area contributed by atoms with Crippen LogP contribution in [0.1, 0.15) is 38.2 Å².